The SMILES string of the molecule is Cc1cc(C)cc(O[C@@H](C)CBr)c1. The van der Waals surface area contributed by atoms with Crippen LogP contribution in [0.1, 0.15) is 18.1 Å². The molecule has 0 bridgehead atoms. The summed E-state index contributed by atoms with van der Waals surface area (Å²) in [6, 6.07) is 6.27. The molecule has 0 amide bonds. The van der Waals surface area contributed by atoms with E-state index in [4.69, 9.17) is 4.74 Å². The highest BCUT2D eigenvalue weighted by molar-refractivity contribution is 9.09. The van der Waals surface area contributed by atoms with Gasteiger partial charge >= 0.3 is 0 Å². The van der Waals surface area contributed by atoms with Gasteiger partial charge in [-0.2, -0.15) is 0 Å². The van der Waals surface area contributed by atoms with Gasteiger partial charge in [0.1, 0.15) is 11.9 Å². The molecular formula is C11H15BrO. The van der Waals surface area contributed by atoms with E-state index in [0.717, 1.165) is 11.1 Å². The highest BCUT2D eigenvalue weighted by atomic mass is 79.9. The lowest BCUT2D eigenvalue weighted by Crippen LogP contribution is -2.12. The highest BCUT2D eigenvalue weighted by Crippen LogP contribution is 2.17. The molecule has 0 aromatic heterocycles. The molecule has 0 unspecified atom stereocenters. The fraction of sp³-hybridized carbons (Fsp3) is 0.455. The molecule has 0 aliphatic carbocycles. The molecule has 0 radical (unpaired) electrons. The first-order chi connectivity index (χ1) is 6.11. The van der Waals surface area contributed by atoms with Gasteiger partial charge < -0.3 is 4.74 Å². The summed E-state index contributed by atoms with van der Waals surface area (Å²) in [6.45, 7) is 6.21. The maximum absolute atomic E-state index is 5.68. The van der Waals surface area contributed by atoms with E-state index < -0.39 is 0 Å². The molecular weight excluding hydrogens is 228 g/mol. The van der Waals surface area contributed by atoms with Gasteiger partial charge in [-0.05, 0) is 44.0 Å². The number of alkyl halides is 1. The second-order valence-corrected chi connectivity index (χ2v) is 4.05. The Bertz CT molecular complexity index is 263. The zero-order valence-corrected chi connectivity index (χ0v) is 9.89. The average Bonchev–Trinajstić information content (AvgIpc) is 2.02. The standard InChI is InChI=1S/C11H15BrO/c1-8-4-9(2)6-11(5-8)13-10(3)7-12/h4-6,10H,7H2,1-3H3/t10-/m0/s1. The summed E-state index contributed by atoms with van der Waals surface area (Å²) in [5.74, 6) is 0.962. The number of benzene rings is 1. The minimum atomic E-state index is 0.223. The van der Waals surface area contributed by atoms with E-state index in [1.807, 2.05) is 6.92 Å². The first kappa shape index (κ1) is 10.6. The molecule has 1 atom stereocenters. The lowest BCUT2D eigenvalue weighted by molar-refractivity contribution is 0.248. The quantitative estimate of drug-likeness (QED) is 0.738. The number of aryl methyl sites for hydroxylation is 2. The fourth-order valence-electron chi connectivity index (χ4n) is 1.26. The Morgan fingerprint density at radius 2 is 1.77 bits per heavy atom. The van der Waals surface area contributed by atoms with Crippen LogP contribution >= 0.6 is 15.9 Å². The smallest absolute Gasteiger partial charge is 0.120 e. The Morgan fingerprint density at radius 3 is 2.23 bits per heavy atom. The minimum absolute atomic E-state index is 0.223. The van der Waals surface area contributed by atoms with E-state index in [9.17, 15) is 0 Å². The Labute approximate surface area is 88.2 Å². The van der Waals surface area contributed by atoms with Crippen molar-refractivity contribution in [3.05, 3.63) is 29.3 Å². The van der Waals surface area contributed by atoms with Crippen LogP contribution in [-0.2, 0) is 0 Å². The minimum Gasteiger partial charge on any atom is -0.490 e. The van der Waals surface area contributed by atoms with Crippen LogP contribution in [-0.4, -0.2) is 11.4 Å². The third-order valence-electron chi connectivity index (χ3n) is 1.75. The summed E-state index contributed by atoms with van der Waals surface area (Å²) in [5, 5.41) is 0.861. The second kappa shape index (κ2) is 4.66. The van der Waals surface area contributed by atoms with Gasteiger partial charge in [0.2, 0.25) is 0 Å². The van der Waals surface area contributed by atoms with Crippen molar-refractivity contribution in [1.29, 1.82) is 0 Å². The molecule has 0 aliphatic rings. The fourth-order valence-corrected chi connectivity index (χ4v) is 1.40. The average molecular weight is 243 g/mol. The number of ether oxygens (including phenoxy) is 1. The first-order valence-electron chi connectivity index (χ1n) is 4.42. The molecule has 1 rings (SSSR count). The largest absolute Gasteiger partial charge is 0.490 e. The van der Waals surface area contributed by atoms with Crippen LogP contribution in [0.25, 0.3) is 0 Å². The predicted octanol–water partition coefficient (Wildman–Crippen LogP) is 3.47. The van der Waals surface area contributed by atoms with Gasteiger partial charge in [-0.25, -0.2) is 0 Å². The summed E-state index contributed by atoms with van der Waals surface area (Å²) in [5.41, 5.74) is 2.49. The summed E-state index contributed by atoms with van der Waals surface area (Å²) in [6.07, 6.45) is 0.223. The molecule has 1 nitrogen and oxygen atoms in total. The van der Waals surface area contributed by atoms with E-state index in [2.05, 4.69) is 48.0 Å². The second-order valence-electron chi connectivity index (χ2n) is 3.41. The van der Waals surface area contributed by atoms with E-state index in [1.165, 1.54) is 11.1 Å². The van der Waals surface area contributed by atoms with Crippen molar-refractivity contribution in [2.45, 2.75) is 26.9 Å². The molecule has 13 heavy (non-hydrogen) atoms. The van der Waals surface area contributed by atoms with E-state index in [0.29, 0.717) is 0 Å². The number of hydrogen-bond donors (Lipinski definition) is 0. The first-order valence-corrected chi connectivity index (χ1v) is 5.55. The van der Waals surface area contributed by atoms with Crippen molar-refractivity contribution in [3.63, 3.8) is 0 Å². The predicted molar refractivity (Wildman–Crippen MR) is 59.8 cm³/mol. The summed E-state index contributed by atoms with van der Waals surface area (Å²) in [4.78, 5) is 0. The van der Waals surface area contributed by atoms with Crippen molar-refractivity contribution >= 4 is 15.9 Å². The zero-order chi connectivity index (χ0) is 9.84. The lowest BCUT2D eigenvalue weighted by atomic mass is 10.1. The van der Waals surface area contributed by atoms with Crippen LogP contribution in [0.2, 0.25) is 0 Å². The summed E-state index contributed by atoms with van der Waals surface area (Å²) in [7, 11) is 0. The van der Waals surface area contributed by atoms with Crippen molar-refractivity contribution < 1.29 is 4.74 Å². The maximum Gasteiger partial charge on any atom is 0.120 e. The van der Waals surface area contributed by atoms with E-state index >= 15 is 0 Å². The molecule has 2 heteroatoms. The topological polar surface area (TPSA) is 9.23 Å². The van der Waals surface area contributed by atoms with Gasteiger partial charge in [0.05, 0.1) is 0 Å². The van der Waals surface area contributed by atoms with Crippen molar-refractivity contribution in [2.24, 2.45) is 0 Å². The van der Waals surface area contributed by atoms with E-state index in [-0.39, 0.29) is 6.10 Å². The normalized spacial score (nSPS) is 12.6. The molecule has 0 saturated heterocycles. The maximum atomic E-state index is 5.68. The molecule has 0 spiro atoms. The molecule has 0 N–H and O–H groups in total. The molecule has 1 aromatic carbocycles. The van der Waals surface area contributed by atoms with E-state index in [1.54, 1.807) is 0 Å². The summed E-state index contributed by atoms with van der Waals surface area (Å²) < 4.78 is 5.68. The van der Waals surface area contributed by atoms with Gasteiger partial charge in [-0.3, -0.25) is 0 Å². The molecule has 0 saturated carbocycles. The Balaban J connectivity index is 2.77. The van der Waals surface area contributed by atoms with Gasteiger partial charge in [-0.1, -0.05) is 22.0 Å². The van der Waals surface area contributed by atoms with Gasteiger partial charge in [0, 0.05) is 5.33 Å². The number of hydrogen-bond acceptors (Lipinski definition) is 1. The highest BCUT2D eigenvalue weighted by Gasteiger charge is 2.02. The van der Waals surface area contributed by atoms with Crippen LogP contribution in [0.5, 0.6) is 5.75 Å². The van der Waals surface area contributed by atoms with Gasteiger partial charge in [-0.15, -0.1) is 0 Å². The van der Waals surface area contributed by atoms with Crippen molar-refractivity contribution in [1.82, 2.24) is 0 Å². The zero-order valence-electron chi connectivity index (χ0n) is 8.30. The van der Waals surface area contributed by atoms with Crippen molar-refractivity contribution in [2.75, 3.05) is 5.33 Å². The number of halogens is 1. The third kappa shape index (κ3) is 3.39. The molecule has 72 valence electrons. The van der Waals surface area contributed by atoms with Crippen molar-refractivity contribution in [3.8, 4) is 5.75 Å². The van der Waals surface area contributed by atoms with Crippen LogP contribution < -0.4 is 4.74 Å². The lowest BCUT2D eigenvalue weighted by Gasteiger charge is -2.12. The molecule has 1 aromatic rings. The molecule has 0 heterocycles. The number of rotatable bonds is 3. The van der Waals surface area contributed by atoms with Crippen LogP contribution in [0, 0.1) is 13.8 Å². The monoisotopic (exact) mass is 242 g/mol. The van der Waals surface area contributed by atoms with Crippen LogP contribution in [0.15, 0.2) is 18.2 Å². The Morgan fingerprint density at radius 1 is 1.23 bits per heavy atom. The van der Waals surface area contributed by atoms with Gasteiger partial charge in [0.15, 0.2) is 0 Å². The molecule has 0 aliphatic heterocycles. The van der Waals surface area contributed by atoms with Crippen LogP contribution in [0.4, 0.5) is 0 Å². The Kier molecular flexibility index (Phi) is 3.79. The van der Waals surface area contributed by atoms with Crippen LogP contribution in [0.3, 0.4) is 0 Å². The summed E-state index contributed by atoms with van der Waals surface area (Å²) >= 11 is 3.38. The third-order valence-corrected chi connectivity index (χ3v) is 2.66. The Hall–Kier alpha value is -0.500. The molecule has 0 fully saturated rings. The van der Waals surface area contributed by atoms with Gasteiger partial charge in [0.25, 0.3) is 0 Å².